The second-order valence-corrected chi connectivity index (χ2v) is 21.2. The first-order valence-corrected chi connectivity index (χ1v) is 26.4. The number of para-hydroxylation sites is 1. The molecule has 4 aliphatic carbocycles. The van der Waals surface area contributed by atoms with Crippen molar-refractivity contribution in [1.29, 1.82) is 0 Å². The van der Waals surface area contributed by atoms with E-state index in [1.54, 1.807) is 0 Å². The van der Waals surface area contributed by atoms with Crippen LogP contribution in [0.4, 0.5) is 17.1 Å². The van der Waals surface area contributed by atoms with Gasteiger partial charge in [-0.25, -0.2) is 0 Å². The monoisotopic (exact) mass is 943 g/mol. The molecule has 0 saturated carbocycles. The lowest BCUT2D eigenvalue weighted by molar-refractivity contribution is 0.666. The molecular formula is C71H45NS. The van der Waals surface area contributed by atoms with Crippen LogP contribution in [0.1, 0.15) is 22.3 Å². The second kappa shape index (κ2) is 15.6. The Morgan fingerprint density at radius 1 is 0.411 bits per heavy atom. The van der Waals surface area contributed by atoms with Gasteiger partial charge in [0.1, 0.15) is 0 Å². The molecule has 0 saturated heterocycles. The molecule has 3 atom stereocenters. The normalized spacial score (nSPS) is 18.0. The molecule has 1 aromatic heterocycles. The van der Waals surface area contributed by atoms with E-state index in [1.807, 2.05) is 11.3 Å². The van der Waals surface area contributed by atoms with E-state index in [4.69, 9.17) is 0 Å². The zero-order chi connectivity index (χ0) is 47.8. The van der Waals surface area contributed by atoms with Gasteiger partial charge in [0.05, 0.1) is 21.5 Å². The quantitative estimate of drug-likeness (QED) is 0.166. The first-order valence-electron chi connectivity index (χ1n) is 25.6. The van der Waals surface area contributed by atoms with Gasteiger partial charge in [-0.3, -0.25) is 0 Å². The van der Waals surface area contributed by atoms with Crippen molar-refractivity contribution in [2.24, 2.45) is 11.8 Å². The average molecular weight is 944 g/mol. The van der Waals surface area contributed by atoms with Crippen molar-refractivity contribution < 1.29 is 0 Å². The van der Waals surface area contributed by atoms with Gasteiger partial charge in [0.25, 0.3) is 0 Å². The Labute approximate surface area is 428 Å². The van der Waals surface area contributed by atoms with Crippen LogP contribution >= 0.6 is 11.3 Å². The molecule has 2 heteroatoms. The maximum absolute atomic E-state index is 2.61. The molecule has 0 aliphatic heterocycles. The van der Waals surface area contributed by atoms with Crippen LogP contribution in [0.5, 0.6) is 0 Å². The molecule has 1 spiro atoms. The van der Waals surface area contributed by atoms with E-state index in [2.05, 4.69) is 266 Å². The van der Waals surface area contributed by atoms with Crippen molar-refractivity contribution in [2.75, 3.05) is 4.90 Å². The summed E-state index contributed by atoms with van der Waals surface area (Å²) >= 11 is 1.89. The van der Waals surface area contributed by atoms with Crippen molar-refractivity contribution in [3.8, 4) is 33.4 Å². The lowest BCUT2D eigenvalue weighted by Crippen LogP contribution is -2.28. The molecule has 340 valence electrons. The zero-order valence-corrected chi connectivity index (χ0v) is 40.7. The Bertz CT molecular complexity index is 4450. The third-order valence-electron chi connectivity index (χ3n) is 16.6. The Hall–Kier alpha value is -8.82. The fourth-order valence-electron chi connectivity index (χ4n) is 13.6. The molecule has 11 aromatic carbocycles. The first kappa shape index (κ1) is 40.9. The van der Waals surface area contributed by atoms with E-state index in [-0.39, 0.29) is 5.92 Å². The number of hydrogen-bond donors (Lipinski definition) is 0. The molecule has 73 heavy (non-hydrogen) atoms. The molecule has 4 aliphatic rings. The van der Waals surface area contributed by atoms with Crippen LogP contribution in [-0.4, -0.2) is 0 Å². The number of anilines is 3. The molecule has 12 aromatic rings. The summed E-state index contributed by atoms with van der Waals surface area (Å²) in [6, 6.07) is 84.5. The van der Waals surface area contributed by atoms with E-state index < -0.39 is 5.41 Å². The Kier molecular flexibility index (Phi) is 8.73. The molecule has 0 radical (unpaired) electrons. The van der Waals surface area contributed by atoms with Gasteiger partial charge in [0, 0.05) is 38.4 Å². The topological polar surface area (TPSA) is 3.24 Å². The molecule has 16 rings (SSSR count). The molecule has 0 amide bonds. The smallest absolute Gasteiger partial charge is 0.0723 e. The molecule has 1 heterocycles. The van der Waals surface area contributed by atoms with Gasteiger partial charge in [-0.1, -0.05) is 212 Å². The van der Waals surface area contributed by atoms with E-state index in [0.29, 0.717) is 5.92 Å². The van der Waals surface area contributed by atoms with Crippen LogP contribution in [-0.2, 0) is 5.41 Å². The summed E-state index contributed by atoms with van der Waals surface area (Å²) in [6.45, 7) is 0. The highest BCUT2D eigenvalue weighted by Crippen LogP contribution is 2.67. The van der Waals surface area contributed by atoms with Gasteiger partial charge in [-0.15, -0.1) is 11.3 Å². The third-order valence-corrected chi connectivity index (χ3v) is 17.8. The van der Waals surface area contributed by atoms with Crippen molar-refractivity contribution in [3.05, 3.63) is 289 Å². The lowest BCUT2D eigenvalue weighted by atomic mass is 9.67. The number of fused-ring (bicyclic) bond motifs is 18. The average Bonchev–Trinajstić information content (AvgIpc) is 4.19. The van der Waals surface area contributed by atoms with Crippen LogP contribution in [0.25, 0.3) is 91.4 Å². The SMILES string of the molecule is C1=CC2C=CC3=C(c4cc5ccccc5cc4C34c3ccccc3-c3c4cc(-c4ccc(N(c5ccccc5)c5ccc(-c6ccccc6)c6c5sc5ccccc56)c5ccccc45)c4ccccc34)C2C=C1. The summed E-state index contributed by atoms with van der Waals surface area (Å²) in [5.74, 6) is 0.575. The van der Waals surface area contributed by atoms with Gasteiger partial charge >= 0.3 is 0 Å². The van der Waals surface area contributed by atoms with Gasteiger partial charge in [0.15, 0.2) is 0 Å². The summed E-state index contributed by atoms with van der Waals surface area (Å²) in [4.78, 5) is 2.51. The van der Waals surface area contributed by atoms with Gasteiger partial charge in [0.2, 0.25) is 0 Å². The number of nitrogens with zero attached hydrogens (tertiary/aromatic N) is 1. The fraction of sp³-hybridized carbons (Fsp3) is 0.0423. The predicted molar refractivity (Wildman–Crippen MR) is 310 cm³/mol. The Balaban J connectivity index is 0.968. The van der Waals surface area contributed by atoms with Crippen molar-refractivity contribution in [3.63, 3.8) is 0 Å². The van der Waals surface area contributed by atoms with E-state index in [1.165, 1.54) is 125 Å². The summed E-state index contributed by atoms with van der Waals surface area (Å²) in [7, 11) is 0. The minimum Gasteiger partial charge on any atom is -0.308 e. The Morgan fingerprint density at radius 3 is 1.89 bits per heavy atom. The first-order chi connectivity index (χ1) is 36.2. The van der Waals surface area contributed by atoms with Crippen molar-refractivity contribution >= 4 is 86.5 Å². The molecule has 3 unspecified atom stereocenters. The van der Waals surface area contributed by atoms with E-state index in [9.17, 15) is 0 Å². The van der Waals surface area contributed by atoms with Crippen molar-refractivity contribution in [2.45, 2.75) is 5.41 Å². The summed E-state index contributed by atoms with van der Waals surface area (Å²) < 4.78 is 2.56. The van der Waals surface area contributed by atoms with Gasteiger partial charge in [-0.2, -0.15) is 0 Å². The largest absolute Gasteiger partial charge is 0.308 e. The maximum atomic E-state index is 2.61. The summed E-state index contributed by atoms with van der Waals surface area (Å²) in [6.07, 6.45) is 14.3. The van der Waals surface area contributed by atoms with Crippen LogP contribution in [0.3, 0.4) is 0 Å². The van der Waals surface area contributed by atoms with Crippen LogP contribution < -0.4 is 4.90 Å². The highest BCUT2D eigenvalue weighted by Gasteiger charge is 2.55. The second-order valence-electron chi connectivity index (χ2n) is 20.1. The maximum Gasteiger partial charge on any atom is 0.0723 e. The highest BCUT2D eigenvalue weighted by molar-refractivity contribution is 7.26. The van der Waals surface area contributed by atoms with Crippen LogP contribution in [0.15, 0.2) is 266 Å². The lowest BCUT2D eigenvalue weighted by Gasteiger charge is -2.35. The highest BCUT2D eigenvalue weighted by atomic mass is 32.1. The van der Waals surface area contributed by atoms with Gasteiger partial charge in [-0.05, 0) is 142 Å². The van der Waals surface area contributed by atoms with Crippen molar-refractivity contribution in [1.82, 2.24) is 0 Å². The third kappa shape index (κ3) is 5.67. The van der Waals surface area contributed by atoms with Crippen LogP contribution in [0.2, 0.25) is 0 Å². The zero-order valence-electron chi connectivity index (χ0n) is 39.8. The number of hydrogen-bond acceptors (Lipinski definition) is 2. The fourth-order valence-corrected chi connectivity index (χ4v) is 14.9. The van der Waals surface area contributed by atoms with Gasteiger partial charge < -0.3 is 4.90 Å². The van der Waals surface area contributed by atoms with Crippen LogP contribution in [0, 0.1) is 11.8 Å². The summed E-state index contributed by atoms with van der Waals surface area (Å²) in [5, 5.41) is 10.1. The Morgan fingerprint density at radius 2 is 1.05 bits per heavy atom. The predicted octanol–water partition coefficient (Wildman–Crippen LogP) is 19.3. The number of benzene rings is 11. The van der Waals surface area contributed by atoms with E-state index in [0.717, 1.165) is 11.4 Å². The molecular weight excluding hydrogens is 899 g/mol. The minimum absolute atomic E-state index is 0.257. The summed E-state index contributed by atoms with van der Waals surface area (Å²) in [5.41, 5.74) is 19.0. The minimum atomic E-state index is -0.517. The van der Waals surface area contributed by atoms with E-state index >= 15 is 0 Å². The molecule has 1 nitrogen and oxygen atoms in total. The number of thiophene rings is 1. The molecule has 0 bridgehead atoms. The standard InChI is InChI=1S/C71H45NS/c1-3-19-44(20-4-1)50-36-40-65(70-69(50)57-32-16-18-34-66(57)73-70)72(48-24-5-2-6-25-48)64-39-37-53(51-27-11-13-29-54(51)64)58-43-63-68(55-30-14-12-28-52(55)58)56-31-15-17-33-60(56)71(63)61-38-35-45-21-9-10-26-49(45)67(61)59-41-46-22-7-8-23-47(46)42-62(59)71/h1-43,45,49H. The number of allylic oxidation sites excluding steroid dienone is 8. The molecule has 0 fully saturated rings. The number of rotatable bonds is 5. The molecule has 0 N–H and O–H groups in total.